The normalized spacial score (nSPS) is 24.4. The first-order valence-corrected chi connectivity index (χ1v) is 7.68. The van der Waals surface area contributed by atoms with E-state index >= 15 is 0 Å². The van der Waals surface area contributed by atoms with E-state index in [4.69, 9.17) is 0 Å². The summed E-state index contributed by atoms with van der Waals surface area (Å²) in [5, 5.41) is 3.24. The van der Waals surface area contributed by atoms with Crippen LogP contribution in [0.1, 0.15) is 24.0 Å². The molecule has 0 aliphatic carbocycles. The van der Waals surface area contributed by atoms with Crippen LogP contribution in [0.3, 0.4) is 0 Å². The maximum absolute atomic E-state index is 12.6. The standard InChI is InChI=1S/C13H16F3NOS/c14-13(15,16)11-3-1-2-10(8-11)9-17-12-4-6-19(18)7-5-12/h1-3,8,12,17H,4-7,9H2. The molecule has 0 spiro atoms. The molecular formula is C13H16F3NOS. The molecule has 0 radical (unpaired) electrons. The van der Waals surface area contributed by atoms with Crippen molar-refractivity contribution in [2.75, 3.05) is 11.5 Å². The van der Waals surface area contributed by atoms with E-state index in [1.165, 1.54) is 12.1 Å². The van der Waals surface area contributed by atoms with Gasteiger partial charge in [0.1, 0.15) is 0 Å². The van der Waals surface area contributed by atoms with Crippen molar-refractivity contribution in [1.82, 2.24) is 5.32 Å². The Morgan fingerprint density at radius 2 is 1.95 bits per heavy atom. The van der Waals surface area contributed by atoms with E-state index in [9.17, 15) is 17.4 Å². The number of hydrogen-bond donors (Lipinski definition) is 1. The van der Waals surface area contributed by atoms with Gasteiger partial charge in [-0.3, -0.25) is 4.21 Å². The Morgan fingerprint density at radius 3 is 2.58 bits per heavy atom. The molecule has 2 nitrogen and oxygen atoms in total. The van der Waals surface area contributed by atoms with E-state index in [0.29, 0.717) is 23.6 Å². The van der Waals surface area contributed by atoms with Crippen LogP contribution in [0.4, 0.5) is 13.2 Å². The lowest BCUT2D eigenvalue weighted by molar-refractivity contribution is -0.137. The molecule has 0 unspecified atom stereocenters. The predicted molar refractivity (Wildman–Crippen MR) is 69.2 cm³/mol. The largest absolute Gasteiger partial charge is 0.416 e. The SMILES string of the molecule is O=S1CCC(NCc2cccc(C(F)(F)F)c2)CC1. The van der Waals surface area contributed by atoms with E-state index in [0.717, 1.165) is 18.9 Å². The summed E-state index contributed by atoms with van der Waals surface area (Å²) in [7, 11) is -0.713. The lowest BCUT2D eigenvalue weighted by atomic mass is 10.1. The molecule has 0 bridgehead atoms. The highest BCUT2D eigenvalue weighted by atomic mass is 32.2. The fraction of sp³-hybridized carbons (Fsp3) is 0.538. The summed E-state index contributed by atoms with van der Waals surface area (Å²) in [6, 6.07) is 5.62. The molecule has 106 valence electrons. The molecule has 1 aliphatic heterocycles. The second-order valence-corrected chi connectivity index (χ2v) is 6.40. The van der Waals surface area contributed by atoms with E-state index in [-0.39, 0.29) is 6.04 Å². The van der Waals surface area contributed by atoms with Crippen molar-refractivity contribution < 1.29 is 17.4 Å². The van der Waals surface area contributed by atoms with Crippen LogP contribution in [-0.2, 0) is 23.5 Å². The molecule has 0 aromatic heterocycles. The van der Waals surface area contributed by atoms with Crippen molar-refractivity contribution in [1.29, 1.82) is 0 Å². The van der Waals surface area contributed by atoms with E-state index in [2.05, 4.69) is 5.32 Å². The Labute approximate surface area is 112 Å². The molecule has 2 rings (SSSR count). The monoisotopic (exact) mass is 291 g/mol. The lowest BCUT2D eigenvalue weighted by Gasteiger charge is -2.22. The van der Waals surface area contributed by atoms with Gasteiger partial charge in [0.15, 0.2) is 0 Å². The molecule has 6 heteroatoms. The molecule has 1 fully saturated rings. The van der Waals surface area contributed by atoms with Gasteiger partial charge in [-0.15, -0.1) is 0 Å². The van der Waals surface area contributed by atoms with Gasteiger partial charge in [-0.05, 0) is 24.5 Å². The molecule has 1 aromatic carbocycles. The molecule has 0 atom stereocenters. The van der Waals surface area contributed by atoms with Gasteiger partial charge in [0, 0.05) is 34.9 Å². The number of hydrogen-bond acceptors (Lipinski definition) is 2. The number of halogens is 3. The van der Waals surface area contributed by atoms with E-state index < -0.39 is 22.5 Å². The Hall–Kier alpha value is -0.880. The number of benzene rings is 1. The van der Waals surface area contributed by atoms with Crippen LogP contribution in [0.2, 0.25) is 0 Å². The number of alkyl halides is 3. The highest BCUT2D eigenvalue weighted by molar-refractivity contribution is 7.85. The zero-order valence-electron chi connectivity index (χ0n) is 10.4. The van der Waals surface area contributed by atoms with Crippen molar-refractivity contribution in [3.8, 4) is 0 Å². The zero-order chi connectivity index (χ0) is 13.9. The summed E-state index contributed by atoms with van der Waals surface area (Å²) in [5.41, 5.74) is 0.0121. The zero-order valence-corrected chi connectivity index (χ0v) is 11.2. The molecule has 1 saturated heterocycles. The minimum Gasteiger partial charge on any atom is -0.310 e. The van der Waals surface area contributed by atoms with Gasteiger partial charge in [0.2, 0.25) is 0 Å². The molecule has 1 heterocycles. The van der Waals surface area contributed by atoms with Gasteiger partial charge in [-0.2, -0.15) is 13.2 Å². The summed E-state index contributed by atoms with van der Waals surface area (Å²) in [4.78, 5) is 0. The quantitative estimate of drug-likeness (QED) is 0.927. The minimum atomic E-state index is -4.29. The topological polar surface area (TPSA) is 29.1 Å². The smallest absolute Gasteiger partial charge is 0.310 e. The second kappa shape index (κ2) is 6.05. The fourth-order valence-corrected chi connectivity index (χ4v) is 3.42. The highest BCUT2D eigenvalue weighted by Gasteiger charge is 2.30. The maximum Gasteiger partial charge on any atom is 0.416 e. The molecule has 0 saturated carbocycles. The van der Waals surface area contributed by atoms with Crippen molar-refractivity contribution in [2.45, 2.75) is 31.6 Å². The first-order chi connectivity index (χ1) is 8.95. The third-order valence-corrected chi connectivity index (χ3v) is 4.62. The summed E-state index contributed by atoms with van der Waals surface area (Å²) in [6.07, 6.45) is -2.64. The van der Waals surface area contributed by atoms with Gasteiger partial charge in [0.25, 0.3) is 0 Å². The van der Waals surface area contributed by atoms with Crippen molar-refractivity contribution >= 4 is 10.8 Å². The molecule has 1 aromatic rings. The van der Waals surface area contributed by atoms with Crippen LogP contribution >= 0.6 is 0 Å². The van der Waals surface area contributed by atoms with Gasteiger partial charge in [0.05, 0.1) is 5.56 Å². The van der Waals surface area contributed by atoms with Crippen LogP contribution < -0.4 is 5.32 Å². The Balaban J connectivity index is 1.91. The first-order valence-electron chi connectivity index (χ1n) is 6.19. The van der Waals surface area contributed by atoms with Crippen molar-refractivity contribution in [3.63, 3.8) is 0 Å². The summed E-state index contributed by atoms with van der Waals surface area (Å²) in [5.74, 6) is 1.36. The molecule has 19 heavy (non-hydrogen) atoms. The number of nitrogens with one attached hydrogen (secondary N) is 1. The second-order valence-electron chi connectivity index (χ2n) is 4.70. The molecule has 1 N–H and O–H groups in total. The summed E-state index contributed by atoms with van der Waals surface area (Å²) in [6.45, 7) is 0.418. The van der Waals surface area contributed by atoms with Gasteiger partial charge >= 0.3 is 6.18 Å². The molecule has 1 aliphatic rings. The van der Waals surface area contributed by atoms with Crippen LogP contribution in [-0.4, -0.2) is 21.8 Å². The maximum atomic E-state index is 12.6. The first kappa shape index (κ1) is 14.5. The summed E-state index contributed by atoms with van der Waals surface area (Å²) < 4.78 is 48.9. The van der Waals surface area contributed by atoms with Crippen LogP contribution in [0, 0.1) is 0 Å². The van der Waals surface area contributed by atoms with Crippen molar-refractivity contribution in [3.05, 3.63) is 35.4 Å². The third-order valence-electron chi connectivity index (χ3n) is 3.24. The molecular weight excluding hydrogens is 275 g/mol. The molecule has 0 amide bonds. The lowest BCUT2D eigenvalue weighted by Crippen LogP contribution is -2.35. The fourth-order valence-electron chi connectivity index (χ4n) is 2.12. The Kier molecular flexibility index (Phi) is 4.62. The van der Waals surface area contributed by atoms with Crippen LogP contribution in [0.25, 0.3) is 0 Å². The summed E-state index contributed by atoms with van der Waals surface area (Å²) >= 11 is 0. The minimum absolute atomic E-state index is 0.257. The van der Waals surface area contributed by atoms with Crippen LogP contribution in [0.15, 0.2) is 24.3 Å². The van der Waals surface area contributed by atoms with E-state index in [1.54, 1.807) is 6.07 Å². The van der Waals surface area contributed by atoms with E-state index in [1.807, 2.05) is 0 Å². The van der Waals surface area contributed by atoms with Gasteiger partial charge in [-0.1, -0.05) is 18.2 Å². The van der Waals surface area contributed by atoms with Gasteiger partial charge in [-0.25, -0.2) is 0 Å². The van der Waals surface area contributed by atoms with Crippen LogP contribution in [0.5, 0.6) is 0 Å². The highest BCUT2D eigenvalue weighted by Crippen LogP contribution is 2.29. The van der Waals surface area contributed by atoms with Gasteiger partial charge < -0.3 is 5.32 Å². The Morgan fingerprint density at radius 1 is 1.26 bits per heavy atom. The number of rotatable bonds is 3. The Bertz CT molecular complexity index is 451. The average Bonchev–Trinajstić information content (AvgIpc) is 2.37. The predicted octanol–water partition coefficient (Wildman–Crippen LogP) is 2.71. The van der Waals surface area contributed by atoms with Crippen molar-refractivity contribution in [2.24, 2.45) is 0 Å². The average molecular weight is 291 g/mol. The third kappa shape index (κ3) is 4.31.